The van der Waals surface area contributed by atoms with E-state index in [1.165, 1.54) is 50.0 Å². The molecule has 16 atom stereocenters. The van der Waals surface area contributed by atoms with Gasteiger partial charge in [0.25, 0.3) is 0 Å². The van der Waals surface area contributed by atoms with E-state index in [0.717, 1.165) is 73.6 Å². The van der Waals surface area contributed by atoms with E-state index in [1.807, 2.05) is 36.4 Å². The molecule has 3 aliphatic rings. The van der Waals surface area contributed by atoms with Gasteiger partial charge in [-0.05, 0) is 72.7 Å². The second-order valence-electron chi connectivity index (χ2n) is 21.0. The van der Waals surface area contributed by atoms with Gasteiger partial charge in [-0.25, -0.2) is 9.59 Å². The molecule has 3 heterocycles. The fourth-order valence-corrected chi connectivity index (χ4v) is 9.96. The van der Waals surface area contributed by atoms with Gasteiger partial charge in [-0.1, -0.05) is 126 Å². The maximum absolute atomic E-state index is 13.7. The molecule has 6 rings (SSSR count). The van der Waals surface area contributed by atoms with Gasteiger partial charge in [-0.3, -0.25) is 0 Å². The zero-order valence-electron chi connectivity index (χ0n) is 47.4. The highest BCUT2D eigenvalue weighted by molar-refractivity contribution is 5.90. The first kappa shape index (κ1) is 67.5. The highest BCUT2D eigenvalue weighted by atomic mass is 16.8. The van der Waals surface area contributed by atoms with Gasteiger partial charge in [0.15, 0.2) is 18.7 Å². The van der Waals surface area contributed by atoms with Crippen LogP contribution in [0.1, 0.15) is 112 Å². The van der Waals surface area contributed by atoms with Crippen molar-refractivity contribution in [2.45, 2.75) is 189 Å². The fourth-order valence-electron chi connectivity index (χ4n) is 9.96. The first-order valence-electron chi connectivity index (χ1n) is 28.8. The van der Waals surface area contributed by atoms with Crippen molar-refractivity contribution in [3.8, 4) is 28.4 Å². The Morgan fingerprint density at radius 2 is 1.25 bits per heavy atom. The van der Waals surface area contributed by atoms with Crippen LogP contribution in [0.4, 0.5) is 0 Å². The number of hydrogen-bond donors (Lipinski definition) is 12. The molecule has 84 heavy (non-hydrogen) atoms. The van der Waals surface area contributed by atoms with E-state index in [4.69, 9.17) is 37.9 Å². The molecule has 0 saturated carbocycles. The number of hydrogen-bond acceptors (Lipinski definition) is 22. The summed E-state index contributed by atoms with van der Waals surface area (Å²) in [5, 5.41) is 131. The Kier molecular flexibility index (Phi) is 27.7. The number of aliphatic hydroxyl groups excluding tert-OH is 10. The summed E-state index contributed by atoms with van der Waals surface area (Å²) in [6, 6.07) is 15.9. The highest BCUT2D eigenvalue weighted by Gasteiger charge is 2.56. The minimum absolute atomic E-state index is 0.0956. The summed E-state index contributed by atoms with van der Waals surface area (Å²) in [5.41, 5.74) is 1.32. The van der Waals surface area contributed by atoms with Crippen molar-refractivity contribution >= 4 is 11.9 Å². The molecule has 3 saturated heterocycles. The zero-order valence-corrected chi connectivity index (χ0v) is 47.4. The van der Waals surface area contributed by atoms with Crippen LogP contribution in [0.25, 0.3) is 11.1 Å². The number of allylic oxidation sites excluding steroid dienone is 5. The molecule has 0 bridgehead atoms. The molecule has 0 aromatic heterocycles. The molecule has 0 radical (unpaired) electrons. The van der Waals surface area contributed by atoms with Gasteiger partial charge in [-0.2, -0.15) is 0 Å². The lowest BCUT2D eigenvalue weighted by molar-refractivity contribution is -0.382. The third-order valence-electron chi connectivity index (χ3n) is 14.7. The van der Waals surface area contributed by atoms with Crippen LogP contribution in [-0.4, -0.2) is 192 Å². The number of phenolic OH excluding ortho intramolecular Hbond substituents is 2. The molecule has 3 aromatic rings. The van der Waals surface area contributed by atoms with Crippen LogP contribution < -0.4 is 4.74 Å². The second-order valence-corrected chi connectivity index (χ2v) is 21.0. The molecular weight excluding hydrogens is 1100 g/mol. The van der Waals surface area contributed by atoms with Crippen molar-refractivity contribution in [3.63, 3.8) is 0 Å². The lowest BCUT2D eigenvalue weighted by Crippen LogP contribution is -2.66. The summed E-state index contributed by atoms with van der Waals surface area (Å²) in [6.07, 6.45) is -5.62. The van der Waals surface area contributed by atoms with Gasteiger partial charge in [0.1, 0.15) is 97.1 Å². The Morgan fingerprint density at radius 3 is 1.94 bits per heavy atom. The summed E-state index contributed by atoms with van der Waals surface area (Å²) < 4.78 is 47.4. The van der Waals surface area contributed by atoms with E-state index >= 15 is 0 Å². The summed E-state index contributed by atoms with van der Waals surface area (Å²) in [6.45, 7) is 1.48. The molecule has 22 heteroatoms. The van der Waals surface area contributed by atoms with Crippen LogP contribution in [-0.2, 0) is 44.6 Å². The summed E-state index contributed by atoms with van der Waals surface area (Å²) in [4.78, 5) is 27.3. The number of ether oxygens (including phenoxy) is 8. The molecule has 3 fully saturated rings. The topological polar surface area (TPSA) is 351 Å². The van der Waals surface area contributed by atoms with Crippen molar-refractivity contribution in [2.75, 3.05) is 26.4 Å². The van der Waals surface area contributed by atoms with Gasteiger partial charge in [0.05, 0.1) is 38.1 Å². The third kappa shape index (κ3) is 18.9. The first-order chi connectivity index (χ1) is 40.5. The molecule has 22 nitrogen and oxygen atoms in total. The zero-order chi connectivity index (χ0) is 60.7. The number of aliphatic hydroxyl groups is 10. The second kappa shape index (κ2) is 34.5. The molecule has 0 unspecified atom stereocenters. The van der Waals surface area contributed by atoms with Gasteiger partial charge >= 0.3 is 11.9 Å². The molecule has 464 valence electrons. The quantitative estimate of drug-likeness (QED) is 0.0186. The monoisotopic (exact) mass is 1180 g/mol. The van der Waals surface area contributed by atoms with Gasteiger partial charge < -0.3 is 99.2 Å². The van der Waals surface area contributed by atoms with Crippen LogP contribution in [0, 0.1) is 0 Å². The number of benzene rings is 3. The summed E-state index contributed by atoms with van der Waals surface area (Å²) in [7, 11) is 0. The van der Waals surface area contributed by atoms with E-state index in [0.29, 0.717) is 6.61 Å². The minimum atomic E-state index is -2.13. The molecule has 0 aliphatic carbocycles. The normalized spacial score (nSPS) is 28.8. The van der Waals surface area contributed by atoms with E-state index in [1.54, 1.807) is 30.4 Å². The largest absolute Gasteiger partial charge is 0.508 e. The van der Waals surface area contributed by atoms with Crippen molar-refractivity contribution in [2.24, 2.45) is 0 Å². The van der Waals surface area contributed by atoms with Crippen molar-refractivity contribution < 1.29 is 109 Å². The number of unbranched alkanes of at least 4 members (excludes halogenated alkanes) is 8. The van der Waals surface area contributed by atoms with Crippen molar-refractivity contribution in [1.82, 2.24) is 0 Å². The molecule has 12 N–H and O–H groups in total. The Morgan fingerprint density at radius 1 is 0.619 bits per heavy atom. The van der Waals surface area contributed by atoms with Gasteiger partial charge in [0.2, 0.25) is 0 Å². The van der Waals surface area contributed by atoms with E-state index < -0.39 is 148 Å². The van der Waals surface area contributed by atoms with Gasteiger partial charge in [0, 0.05) is 17.7 Å². The van der Waals surface area contributed by atoms with Crippen molar-refractivity contribution in [3.05, 3.63) is 126 Å². The Hall–Kier alpha value is -5.64. The Labute approximate surface area is 489 Å². The number of esters is 2. The molecule has 0 spiro atoms. The van der Waals surface area contributed by atoms with E-state index in [2.05, 4.69) is 13.8 Å². The lowest BCUT2D eigenvalue weighted by Gasteiger charge is -2.49. The fraction of sp³-hybridized carbons (Fsp3) is 0.548. The number of carbonyl (C=O) groups excluding carboxylic acids is 2. The molecular formula is C62H84O22. The number of rotatable bonds is 31. The van der Waals surface area contributed by atoms with Crippen LogP contribution in [0.3, 0.4) is 0 Å². The molecule has 3 aliphatic heterocycles. The average Bonchev–Trinajstić information content (AvgIpc) is 1.73. The lowest BCUT2D eigenvalue weighted by atomic mass is 9.88. The summed E-state index contributed by atoms with van der Waals surface area (Å²) >= 11 is 0. The maximum atomic E-state index is 13.7. The Bertz CT molecular complexity index is 2570. The van der Waals surface area contributed by atoms with Crippen LogP contribution in [0.5, 0.6) is 17.2 Å². The summed E-state index contributed by atoms with van der Waals surface area (Å²) in [5.74, 6) is -2.40. The standard InChI is InChI=1S/C62H84O22/c1-3-5-7-9-11-12-15-19-41(66)20-16-14-17-21-48(69)82-58-55(75)57(49-40(33-63)31-42(67)32-44(49)68)79-46(35-65)56(58)83-62-59(84-61-54(74)52(72)50(70)45(34-64)80-61)53(73)51(71)47(81-62)36-78-60(76)39-24-22-37(23-25-39)38-26-28-43(29-27-38)77-30-18-13-10-8-6-4-2/h11-12,14-17,19,21-29,31-32,41,45-47,50-59,61-68,70-75H,3-10,13,18,20,30,33-36H2,1-2H3/b12-11+,16-14+,19-15+,21-17+/t41-,45-,46-,47-,50+,51+,52+,53+,54-,55+,56-,57+,58-,59-,61+,62+/m1/s1. The Balaban J connectivity index is 1.23. The first-order valence-corrected chi connectivity index (χ1v) is 28.8. The number of carbonyl (C=O) groups is 2. The van der Waals surface area contributed by atoms with E-state index in [9.17, 15) is 70.9 Å². The van der Waals surface area contributed by atoms with E-state index in [-0.39, 0.29) is 23.1 Å². The highest BCUT2D eigenvalue weighted by Crippen LogP contribution is 2.43. The van der Waals surface area contributed by atoms with Crippen LogP contribution in [0.2, 0.25) is 0 Å². The smallest absolute Gasteiger partial charge is 0.338 e. The number of aromatic hydroxyl groups is 2. The van der Waals surface area contributed by atoms with Crippen LogP contribution >= 0.6 is 0 Å². The van der Waals surface area contributed by atoms with Crippen molar-refractivity contribution in [1.29, 1.82) is 0 Å². The predicted octanol–water partition coefficient (Wildman–Crippen LogP) is 4.13. The number of phenols is 2. The van der Waals surface area contributed by atoms with Gasteiger partial charge in [-0.15, -0.1) is 0 Å². The SMILES string of the molecule is CCCCC/C=C/C=C/[C@@H](O)C/C=C/C=C/C(=O)O[C@@H]1[C@@H](O)[C@H](c2c(O)cc(O)cc2CO)O[C@H](CO)[C@H]1O[C@@H]1O[C@H](COC(=O)c2ccc(-c3ccc(OCCCCCCCC)cc3)cc2)[C@H](O)[C@H](O)[C@H]1O[C@@H]1O[C@H](CO)[C@H](O)[C@H](O)[C@H]1O. The average molecular weight is 1180 g/mol. The minimum Gasteiger partial charge on any atom is -0.508 e. The van der Waals surface area contributed by atoms with Crippen LogP contribution in [0.15, 0.2) is 109 Å². The predicted molar refractivity (Wildman–Crippen MR) is 303 cm³/mol. The third-order valence-corrected chi connectivity index (χ3v) is 14.7. The maximum Gasteiger partial charge on any atom is 0.338 e. The molecule has 0 amide bonds. The molecule has 3 aromatic carbocycles.